The molecule has 2 heterocycles. The van der Waals surface area contributed by atoms with Gasteiger partial charge in [-0.2, -0.15) is 0 Å². The van der Waals surface area contributed by atoms with Crippen LogP contribution in [0.1, 0.15) is 18.9 Å². The van der Waals surface area contributed by atoms with Gasteiger partial charge in [0.05, 0.1) is 16.9 Å². The molecule has 0 radical (unpaired) electrons. The Morgan fingerprint density at radius 3 is 2.76 bits per heavy atom. The fourth-order valence-corrected chi connectivity index (χ4v) is 2.22. The molecule has 3 aromatic rings. The van der Waals surface area contributed by atoms with Gasteiger partial charge in [0.15, 0.2) is 0 Å². The molecule has 1 N–H and O–H groups in total. The minimum absolute atomic E-state index is 0.660. The molecular weight excluding hydrogens is 260 g/mol. The van der Waals surface area contributed by atoms with Crippen LogP contribution in [0.15, 0.2) is 42.6 Å². The molecule has 0 fully saturated rings. The van der Waals surface area contributed by atoms with Gasteiger partial charge in [0.1, 0.15) is 0 Å². The number of hydrogen-bond donors (Lipinski definition) is 1. The van der Waals surface area contributed by atoms with E-state index in [0.29, 0.717) is 5.95 Å². The minimum atomic E-state index is 0.660. The second kappa shape index (κ2) is 5.87. The molecule has 106 valence electrons. The first kappa shape index (κ1) is 13.5. The Hall–Kier alpha value is -2.49. The highest BCUT2D eigenvalue weighted by molar-refractivity contribution is 5.81. The second-order valence-electron chi connectivity index (χ2n) is 5.04. The van der Waals surface area contributed by atoms with E-state index < -0.39 is 0 Å². The number of nitrogens with one attached hydrogen (secondary N) is 1. The van der Waals surface area contributed by atoms with Gasteiger partial charge < -0.3 is 5.32 Å². The summed E-state index contributed by atoms with van der Waals surface area (Å²) in [6.07, 6.45) is 2.89. The molecular formula is C17H18N4. The average Bonchev–Trinajstić information content (AvgIpc) is 2.53. The zero-order valence-corrected chi connectivity index (χ0v) is 12.3. The van der Waals surface area contributed by atoms with Gasteiger partial charge in [-0.15, -0.1) is 0 Å². The van der Waals surface area contributed by atoms with Crippen molar-refractivity contribution in [3.63, 3.8) is 0 Å². The molecule has 2 aromatic heterocycles. The van der Waals surface area contributed by atoms with Crippen molar-refractivity contribution in [2.24, 2.45) is 0 Å². The Bertz CT molecular complexity index is 768. The molecule has 1 aromatic carbocycles. The van der Waals surface area contributed by atoms with Gasteiger partial charge in [-0.3, -0.25) is 0 Å². The summed E-state index contributed by atoms with van der Waals surface area (Å²) in [5, 5.41) is 4.36. The van der Waals surface area contributed by atoms with Crippen LogP contribution in [0.2, 0.25) is 0 Å². The van der Waals surface area contributed by atoms with E-state index in [2.05, 4.69) is 34.3 Å². The maximum absolute atomic E-state index is 4.71. The molecule has 4 heteroatoms. The van der Waals surface area contributed by atoms with Gasteiger partial charge in [0, 0.05) is 18.1 Å². The van der Waals surface area contributed by atoms with Crippen molar-refractivity contribution in [1.82, 2.24) is 15.0 Å². The molecule has 0 spiro atoms. The first-order valence-corrected chi connectivity index (χ1v) is 7.21. The summed E-state index contributed by atoms with van der Waals surface area (Å²) in [6.45, 7) is 5.00. The van der Waals surface area contributed by atoms with Crippen molar-refractivity contribution < 1.29 is 0 Å². The fraction of sp³-hybridized carbons (Fsp3) is 0.235. The van der Waals surface area contributed by atoms with E-state index in [-0.39, 0.29) is 0 Å². The van der Waals surface area contributed by atoms with Crippen LogP contribution in [0, 0.1) is 6.92 Å². The van der Waals surface area contributed by atoms with Crippen molar-refractivity contribution in [3.8, 4) is 11.4 Å². The van der Waals surface area contributed by atoms with Gasteiger partial charge in [0.25, 0.3) is 0 Å². The van der Waals surface area contributed by atoms with E-state index >= 15 is 0 Å². The zero-order chi connectivity index (χ0) is 14.7. The molecule has 3 rings (SSSR count). The van der Waals surface area contributed by atoms with E-state index in [9.17, 15) is 0 Å². The van der Waals surface area contributed by atoms with Crippen LogP contribution in [0.4, 0.5) is 5.95 Å². The first-order chi connectivity index (χ1) is 10.3. The quantitative estimate of drug-likeness (QED) is 0.788. The Balaban J connectivity index is 2.04. The Morgan fingerprint density at radius 1 is 1.05 bits per heavy atom. The number of aromatic nitrogens is 3. The molecule has 0 atom stereocenters. The van der Waals surface area contributed by atoms with Crippen molar-refractivity contribution in [3.05, 3.63) is 48.2 Å². The molecule has 0 saturated carbocycles. The number of fused-ring (bicyclic) bond motifs is 1. The molecule has 0 bridgehead atoms. The third-order valence-electron chi connectivity index (χ3n) is 3.35. The first-order valence-electron chi connectivity index (χ1n) is 7.21. The van der Waals surface area contributed by atoms with E-state index in [4.69, 9.17) is 4.98 Å². The Morgan fingerprint density at radius 2 is 1.90 bits per heavy atom. The largest absolute Gasteiger partial charge is 0.354 e. The fourth-order valence-electron chi connectivity index (χ4n) is 2.22. The smallest absolute Gasteiger partial charge is 0.223 e. The number of rotatable bonds is 4. The lowest BCUT2D eigenvalue weighted by Gasteiger charge is -2.08. The van der Waals surface area contributed by atoms with Crippen LogP contribution in [0.5, 0.6) is 0 Å². The van der Waals surface area contributed by atoms with Gasteiger partial charge >= 0.3 is 0 Å². The molecule has 0 aliphatic carbocycles. The SMILES string of the molecule is CCCNc1ncc(C)c(-c2ccc3ccccc3n2)n1. The average molecular weight is 278 g/mol. The summed E-state index contributed by atoms with van der Waals surface area (Å²) in [4.78, 5) is 13.6. The van der Waals surface area contributed by atoms with Crippen LogP contribution in [-0.4, -0.2) is 21.5 Å². The van der Waals surface area contributed by atoms with Crippen LogP contribution in [0.25, 0.3) is 22.3 Å². The summed E-state index contributed by atoms with van der Waals surface area (Å²) in [6, 6.07) is 12.2. The van der Waals surface area contributed by atoms with Gasteiger partial charge in [0.2, 0.25) is 5.95 Å². The summed E-state index contributed by atoms with van der Waals surface area (Å²) in [5.74, 6) is 0.660. The summed E-state index contributed by atoms with van der Waals surface area (Å²) < 4.78 is 0. The van der Waals surface area contributed by atoms with Gasteiger partial charge in [-0.1, -0.05) is 31.2 Å². The lowest BCUT2D eigenvalue weighted by molar-refractivity contribution is 0.950. The predicted octanol–water partition coefficient (Wildman–Crippen LogP) is 3.82. The molecule has 0 unspecified atom stereocenters. The summed E-state index contributed by atoms with van der Waals surface area (Å²) >= 11 is 0. The van der Waals surface area contributed by atoms with Crippen LogP contribution >= 0.6 is 0 Å². The third kappa shape index (κ3) is 2.84. The second-order valence-corrected chi connectivity index (χ2v) is 5.04. The van der Waals surface area contributed by atoms with Crippen molar-refractivity contribution >= 4 is 16.9 Å². The highest BCUT2D eigenvalue weighted by Crippen LogP contribution is 2.22. The highest BCUT2D eigenvalue weighted by Gasteiger charge is 2.08. The highest BCUT2D eigenvalue weighted by atomic mass is 15.1. The lowest BCUT2D eigenvalue weighted by Crippen LogP contribution is -2.05. The third-order valence-corrected chi connectivity index (χ3v) is 3.35. The Kier molecular flexibility index (Phi) is 3.77. The monoisotopic (exact) mass is 278 g/mol. The number of aryl methyl sites for hydroxylation is 1. The predicted molar refractivity (Wildman–Crippen MR) is 86.3 cm³/mol. The topological polar surface area (TPSA) is 50.7 Å². The van der Waals surface area contributed by atoms with Gasteiger partial charge in [-0.25, -0.2) is 15.0 Å². The maximum atomic E-state index is 4.71. The van der Waals surface area contributed by atoms with Crippen LogP contribution < -0.4 is 5.32 Å². The lowest BCUT2D eigenvalue weighted by atomic mass is 10.1. The van der Waals surface area contributed by atoms with Gasteiger partial charge in [-0.05, 0) is 31.0 Å². The summed E-state index contributed by atoms with van der Waals surface area (Å²) in [5.41, 5.74) is 3.78. The number of anilines is 1. The van der Waals surface area contributed by atoms with E-state index in [1.165, 1.54) is 0 Å². The van der Waals surface area contributed by atoms with Crippen LogP contribution in [0.3, 0.4) is 0 Å². The standard InChI is InChI=1S/C17H18N4/c1-3-10-18-17-19-11-12(2)16(21-17)15-9-8-13-6-4-5-7-14(13)20-15/h4-9,11H,3,10H2,1-2H3,(H,18,19,21). The zero-order valence-electron chi connectivity index (χ0n) is 12.3. The van der Waals surface area contributed by atoms with Crippen molar-refractivity contribution in [2.45, 2.75) is 20.3 Å². The molecule has 0 saturated heterocycles. The van der Waals surface area contributed by atoms with Crippen molar-refractivity contribution in [2.75, 3.05) is 11.9 Å². The molecule has 0 aliphatic heterocycles. The molecule has 4 nitrogen and oxygen atoms in total. The normalized spacial score (nSPS) is 10.8. The number of benzene rings is 1. The van der Waals surface area contributed by atoms with E-state index in [1.807, 2.05) is 37.4 Å². The number of hydrogen-bond acceptors (Lipinski definition) is 4. The molecule has 21 heavy (non-hydrogen) atoms. The van der Waals surface area contributed by atoms with E-state index in [1.54, 1.807) is 0 Å². The molecule has 0 aliphatic rings. The number of pyridine rings is 1. The number of nitrogens with zero attached hydrogens (tertiary/aromatic N) is 3. The number of para-hydroxylation sites is 1. The minimum Gasteiger partial charge on any atom is -0.354 e. The maximum Gasteiger partial charge on any atom is 0.223 e. The molecule has 0 amide bonds. The van der Waals surface area contributed by atoms with Crippen molar-refractivity contribution in [1.29, 1.82) is 0 Å². The summed E-state index contributed by atoms with van der Waals surface area (Å²) in [7, 11) is 0. The Labute approximate surface area is 124 Å². The van der Waals surface area contributed by atoms with E-state index in [0.717, 1.165) is 40.8 Å². The van der Waals surface area contributed by atoms with Crippen LogP contribution in [-0.2, 0) is 0 Å².